The van der Waals surface area contributed by atoms with Crippen LogP contribution < -0.4 is 4.90 Å². The van der Waals surface area contributed by atoms with Gasteiger partial charge in [0.25, 0.3) is 0 Å². The fourth-order valence-electron chi connectivity index (χ4n) is 3.13. The largest absolute Gasteiger partial charge is 0.381 e. The number of hydrogen-bond acceptors (Lipinski definition) is 3. The van der Waals surface area contributed by atoms with Gasteiger partial charge in [0.05, 0.1) is 5.69 Å². The van der Waals surface area contributed by atoms with E-state index in [0.29, 0.717) is 11.6 Å². The van der Waals surface area contributed by atoms with Crippen molar-refractivity contribution < 1.29 is 13.5 Å². The molecule has 0 N–H and O–H groups in total. The minimum absolute atomic E-state index is 0.466. The summed E-state index contributed by atoms with van der Waals surface area (Å²) in [7, 11) is 0. The van der Waals surface area contributed by atoms with Crippen molar-refractivity contribution in [3.63, 3.8) is 0 Å². The van der Waals surface area contributed by atoms with Gasteiger partial charge < -0.3 is 9.64 Å². The first-order valence-corrected chi connectivity index (χ1v) is 7.72. The normalized spacial score (nSPS) is 23.7. The van der Waals surface area contributed by atoms with E-state index >= 15 is 0 Å². The molecule has 0 spiro atoms. The Hall–Kier alpha value is -1.20. The number of ether oxygens (including phenoxy) is 1. The maximum absolute atomic E-state index is 13.8. The Balaban J connectivity index is 1.48. The second-order valence-corrected chi connectivity index (χ2v) is 5.94. The molecule has 0 bridgehead atoms. The lowest BCUT2D eigenvalue weighted by Crippen LogP contribution is -2.47. The molecule has 2 heterocycles. The molecule has 0 unspecified atom stereocenters. The summed E-state index contributed by atoms with van der Waals surface area (Å²) in [5.41, 5.74) is 0.514. The highest BCUT2D eigenvalue weighted by molar-refractivity contribution is 5.48. The molecule has 1 atom stereocenters. The molecule has 116 valence electrons. The molecule has 0 amide bonds. The van der Waals surface area contributed by atoms with Gasteiger partial charge in [0.1, 0.15) is 11.6 Å². The highest BCUT2D eigenvalue weighted by atomic mass is 19.1. The number of halogens is 2. The van der Waals surface area contributed by atoms with Gasteiger partial charge in [-0.15, -0.1) is 0 Å². The molecular weight excluding hydrogens is 274 g/mol. The Morgan fingerprint density at radius 2 is 1.95 bits per heavy atom. The molecule has 21 heavy (non-hydrogen) atoms. The average Bonchev–Trinajstić information content (AvgIpc) is 2.99. The van der Waals surface area contributed by atoms with Crippen molar-refractivity contribution in [3.8, 4) is 0 Å². The molecule has 1 aromatic rings. The minimum atomic E-state index is -0.520. The van der Waals surface area contributed by atoms with Crippen LogP contribution >= 0.6 is 0 Å². The molecular formula is C16H22F2N2O. The first-order valence-electron chi connectivity index (χ1n) is 7.72. The number of nitrogens with zero attached hydrogens (tertiary/aromatic N) is 2. The molecule has 0 saturated carbocycles. The van der Waals surface area contributed by atoms with Gasteiger partial charge in [0.2, 0.25) is 0 Å². The summed E-state index contributed by atoms with van der Waals surface area (Å²) in [6.45, 7) is 6.36. The van der Waals surface area contributed by atoms with Crippen LogP contribution in [0.15, 0.2) is 18.2 Å². The highest BCUT2D eigenvalue weighted by Gasteiger charge is 2.21. The number of piperazine rings is 1. The van der Waals surface area contributed by atoms with Crippen molar-refractivity contribution in [2.45, 2.75) is 12.8 Å². The number of rotatable bonds is 4. The van der Waals surface area contributed by atoms with E-state index in [2.05, 4.69) is 4.90 Å². The molecule has 0 aliphatic carbocycles. The van der Waals surface area contributed by atoms with Gasteiger partial charge in [-0.25, -0.2) is 8.78 Å². The molecule has 5 heteroatoms. The fourth-order valence-corrected chi connectivity index (χ4v) is 3.13. The van der Waals surface area contributed by atoms with Crippen molar-refractivity contribution in [1.29, 1.82) is 0 Å². The second-order valence-electron chi connectivity index (χ2n) is 5.94. The highest BCUT2D eigenvalue weighted by Crippen LogP contribution is 2.22. The van der Waals surface area contributed by atoms with E-state index in [4.69, 9.17) is 4.74 Å². The number of anilines is 1. The zero-order valence-electron chi connectivity index (χ0n) is 12.2. The molecule has 2 saturated heterocycles. The van der Waals surface area contributed by atoms with Crippen LogP contribution in [0, 0.1) is 17.6 Å². The lowest BCUT2D eigenvalue weighted by atomic mass is 10.0. The summed E-state index contributed by atoms with van der Waals surface area (Å²) in [6, 6.07) is 3.82. The van der Waals surface area contributed by atoms with Gasteiger partial charge in [-0.05, 0) is 37.4 Å². The lowest BCUT2D eigenvalue weighted by molar-refractivity contribution is 0.176. The van der Waals surface area contributed by atoms with E-state index in [0.717, 1.165) is 52.0 Å². The maximum atomic E-state index is 13.8. The van der Waals surface area contributed by atoms with Gasteiger partial charge in [0, 0.05) is 45.5 Å². The Labute approximate surface area is 124 Å². The van der Waals surface area contributed by atoms with E-state index in [-0.39, 0.29) is 0 Å². The Bertz CT molecular complexity index is 469. The average molecular weight is 296 g/mol. The molecule has 2 aliphatic heterocycles. The monoisotopic (exact) mass is 296 g/mol. The van der Waals surface area contributed by atoms with E-state index in [1.165, 1.54) is 25.0 Å². The Kier molecular flexibility index (Phi) is 4.70. The maximum Gasteiger partial charge on any atom is 0.149 e. The zero-order valence-corrected chi connectivity index (χ0v) is 12.2. The molecule has 0 radical (unpaired) electrons. The summed E-state index contributed by atoms with van der Waals surface area (Å²) < 4.78 is 32.1. The van der Waals surface area contributed by atoms with E-state index in [1.54, 1.807) is 0 Å². The minimum Gasteiger partial charge on any atom is -0.381 e. The third-order valence-electron chi connectivity index (χ3n) is 4.50. The first kappa shape index (κ1) is 14.7. The van der Waals surface area contributed by atoms with Crippen LogP contribution in [0.5, 0.6) is 0 Å². The van der Waals surface area contributed by atoms with Crippen LogP contribution in [-0.2, 0) is 4.74 Å². The Morgan fingerprint density at radius 1 is 1.14 bits per heavy atom. The molecule has 2 fully saturated rings. The van der Waals surface area contributed by atoms with Crippen LogP contribution in [0.1, 0.15) is 12.8 Å². The van der Waals surface area contributed by atoms with Gasteiger partial charge in [-0.3, -0.25) is 4.90 Å². The third kappa shape index (κ3) is 3.71. The topological polar surface area (TPSA) is 15.7 Å². The quantitative estimate of drug-likeness (QED) is 0.849. The van der Waals surface area contributed by atoms with E-state index in [1.807, 2.05) is 4.90 Å². The summed E-state index contributed by atoms with van der Waals surface area (Å²) in [6.07, 6.45) is 2.37. The number of hydrogen-bond donors (Lipinski definition) is 0. The fraction of sp³-hybridized carbons (Fsp3) is 0.625. The van der Waals surface area contributed by atoms with Crippen molar-refractivity contribution >= 4 is 5.69 Å². The van der Waals surface area contributed by atoms with Crippen LogP contribution in [0.2, 0.25) is 0 Å². The SMILES string of the molecule is Fc1ccc(N2CCN(CC[C@H]3CCOC3)CC2)c(F)c1. The molecule has 3 rings (SSSR count). The van der Waals surface area contributed by atoms with Crippen molar-refractivity contribution in [3.05, 3.63) is 29.8 Å². The zero-order chi connectivity index (χ0) is 14.7. The van der Waals surface area contributed by atoms with Crippen LogP contribution in [0.25, 0.3) is 0 Å². The predicted octanol–water partition coefficient (Wildman–Crippen LogP) is 2.51. The van der Waals surface area contributed by atoms with Crippen LogP contribution in [-0.4, -0.2) is 50.8 Å². The summed E-state index contributed by atoms with van der Waals surface area (Å²) in [5.74, 6) is -0.280. The third-order valence-corrected chi connectivity index (χ3v) is 4.50. The molecule has 2 aliphatic rings. The van der Waals surface area contributed by atoms with Gasteiger partial charge >= 0.3 is 0 Å². The van der Waals surface area contributed by atoms with Crippen molar-refractivity contribution in [2.24, 2.45) is 5.92 Å². The van der Waals surface area contributed by atoms with Crippen LogP contribution in [0.3, 0.4) is 0 Å². The summed E-state index contributed by atoms with van der Waals surface area (Å²) >= 11 is 0. The van der Waals surface area contributed by atoms with Crippen molar-refractivity contribution in [2.75, 3.05) is 50.8 Å². The first-order chi connectivity index (χ1) is 10.2. The van der Waals surface area contributed by atoms with E-state index in [9.17, 15) is 8.78 Å². The van der Waals surface area contributed by atoms with Gasteiger partial charge in [-0.2, -0.15) is 0 Å². The van der Waals surface area contributed by atoms with Gasteiger partial charge in [-0.1, -0.05) is 0 Å². The summed E-state index contributed by atoms with van der Waals surface area (Å²) in [5, 5.41) is 0. The summed E-state index contributed by atoms with van der Waals surface area (Å²) in [4.78, 5) is 4.43. The molecule has 0 aromatic heterocycles. The number of benzene rings is 1. The van der Waals surface area contributed by atoms with Crippen LogP contribution in [0.4, 0.5) is 14.5 Å². The smallest absolute Gasteiger partial charge is 0.149 e. The van der Waals surface area contributed by atoms with Gasteiger partial charge in [0.15, 0.2) is 0 Å². The standard InChI is InChI=1S/C16H22F2N2O/c17-14-1-2-16(15(18)11-14)20-8-6-19(7-9-20)5-3-13-4-10-21-12-13/h1-2,11,13H,3-10,12H2/t13-/m0/s1. The lowest BCUT2D eigenvalue weighted by Gasteiger charge is -2.36. The van der Waals surface area contributed by atoms with Crippen molar-refractivity contribution in [1.82, 2.24) is 4.90 Å². The second kappa shape index (κ2) is 6.71. The molecule has 1 aromatic carbocycles. The molecule has 3 nitrogen and oxygen atoms in total. The predicted molar refractivity (Wildman–Crippen MR) is 78.6 cm³/mol. The van der Waals surface area contributed by atoms with E-state index < -0.39 is 11.6 Å². The Morgan fingerprint density at radius 3 is 2.62 bits per heavy atom.